The van der Waals surface area contributed by atoms with Crippen LogP contribution in [0, 0.1) is 0 Å². The number of rotatable bonds is 4. The number of sulfone groups is 2. The highest BCUT2D eigenvalue weighted by Crippen LogP contribution is 2.23. The van der Waals surface area contributed by atoms with Gasteiger partial charge in [0, 0.05) is 19.4 Å². The molecule has 13 heavy (non-hydrogen) atoms. The molecule has 0 spiro atoms. The van der Waals surface area contributed by atoms with Gasteiger partial charge in [-0.2, -0.15) is 0 Å². The Bertz CT molecular complexity index is 357. The third-order valence-corrected chi connectivity index (χ3v) is 6.31. The summed E-state index contributed by atoms with van der Waals surface area (Å²) < 4.78 is 45.7. The fourth-order valence-electron chi connectivity index (χ4n) is 0.537. The zero-order chi connectivity index (χ0) is 10.9. The van der Waals surface area contributed by atoms with Crippen molar-refractivity contribution in [3.05, 3.63) is 0 Å². The van der Waals surface area contributed by atoms with E-state index in [4.69, 9.17) is 0 Å². The van der Waals surface area contributed by atoms with E-state index in [2.05, 4.69) is 4.74 Å². The van der Waals surface area contributed by atoms with Crippen LogP contribution in [0.5, 0.6) is 0 Å². The Morgan fingerprint density at radius 1 is 1.08 bits per heavy atom. The van der Waals surface area contributed by atoms with Crippen molar-refractivity contribution in [3.63, 3.8) is 0 Å². The van der Waals surface area contributed by atoms with Gasteiger partial charge in [0.1, 0.15) is 0 Å². The number of ether oxygens (including phenoxy) is 1. The van der Waals surface area contributed by atoms with Crippen LogP contribution in [0.1, 0.15) is 6.92 Å². The molecule has 78 valence electrons. The van der Waals surface area contributed by atoms with E-state index in [-0.39, 0.29) is 6.47 Å². The van der Waals surface area contributed by atoms with E-state index < -0.39 is 23.9 Å². The standard InChI is InChI=1S/C5H10O6S2/c1-5(11-4-6,12(2,7)8)13(3,9)10/h4H,1-3H3. The predicted octanol–water partition coefficient (Wildman–Crippen LogP) is -1.08. The average molecular weight is 230 g/mol. The Kier molecular flexibility index (Phi) is 3.10. The van der Waals surface area contributed by atoms with E-state index in [0.717, 1.165) is 6.92 Å². The normalized spacial score (nSPS) is 13.8. The topological polar surface area (TPSA) is 94.6 Å². The Hall–Kier alpha value is -0.630. The molecule has 0 aromatic rings. The molecule has 0 saturated carbocycles. The van der Waals surface area contributed by atoms with Crippen LogP contribution in [0.3, 0.4) is 0 Å². The smallest absolute Gasteiger partial charge is 0.307 e. The molecule has 0 fully saturated rings. The summed E-state index contributed by atoms with van der Waals surface area (Å²) in [5, 5.41) is 0. The minimum Gasteiger partial charge on any atom is -0.430 e. The molecule has 0 amide bonds. The average Bonchev–Trinajstić information content (AvgIpc) is 1.82. The summed E-state index contributed by atoms with van der Waals surface area (Å²) in [4.78, 5) is 9.96. The summed E-state index contributed by atoms with van der Waals surface area (Å²) in [6, 6.07) is 0. The summed E-state index contributed by atoms with van der Waals surface area (Å²) in [6.45, 7) is 0.605. The Labute approximate surface area is 76.7 Å². The van der Waals surface area contributed by atoms with Gasteiger partial charge in [0.25, 0.3) is 6.47 Å². The van der Waals surface area contributed by atoms with E-state index in [0.29, 0.717) is 12.5 Å². The molecule has 6 nitrogen and oxygen atoms in total. The van der Waals surface area contributed by atoms with Crippen molar-refractivity contribution in [2.24, 2.45) is 0 Å². The predicted molar refractivity (Wildman–Crippen MR) is 45.2 cm³/mol. The van der Waals surface area contributed by atoms with Crippen LogP contribution >= 0.6 is 0 Å². The quantitative estimate of drug-likeness (QED) is 0.570. The third kappa shape index (κ3) is 2.19. The minimum atomic E-state index is -4.03. The molecule has 0 saturated heterocycles. The van der Waals surface area contributed by atoms with Crippen LogP contribution in [0.2, 0.25) is 0 Å². The Morgan fingerprint density at radius 2 is 1.38 bits per heavy atom. The maximum Gasteiger partial charge on any atom is 0.307 e. The van der Waals surface area contributed by atoms with Gasteiger partial charge in [-0.25, -0.2) is 16.8 Å². The minimum absolute atomic E-state index is 0.206. The number of carbonyl (C=O) groups excluding carboxylic acids is 1. The molecule has 0 rings (SSSR count). The maximum atomic E-state index is 11.0. The Morgan fingerprint density at radius 3 is 1.46 bits per heavy atom. The first-order chi connectivity index (χ1) is 5.56. The van der Waals surface area contributed by atoms with Crippen molar-refractivity contribution in [2.45, 2.75) is 11.2 Å². The second-order valence-corrected chi connectivity index (χ2v) is 7.53. The van der Waals surface area contributed by atoms with Crippen LogP contribution in [-0.4, -0.2) is 40.1 Å². The van der Waals surface area contributed by atoms with Crippen molar-refractivity contribution in [2.75, 3.05) is 12.5 Å². The van der Waals surface area contributed by atoms with Crippen molar-refractivity contribution >= 4 is 26.1 Å². The fourth-order valence-corrected chi connectivity index (χ4v) is 3.17. The first-order valence-electron chi connectivity index (χ1n) is 3.07. The number of hydrogen-bond acceptors (Lipinski definition) is 6. The third-order valence-electron chi connectivity index (χ3n) is 1.61. The lowest BCUT2D eigenvalue weighted by Crippen LogP contribution is -2.44. The second kappa shape index (κ2) is 3.26. The van der Waals surface area contributed by atoms with Gasteiger partial charge >= 0.3 is 4.27 Å². The summed E-state index contributed by atoms with van der Waals surface area (Å²) in [6.07, 6.45) is 1.36. The van der Waals surface area contributed by atoms with Gasteiger partial charge in [0.15, 0.2) is 0 Å². The molecule has 0 bridgehead atoms. The molecule has 0 radical (unpaired) electrons. The Balaban J connectivity index is 5.63. The lowest BCUT2D eigenvalue weighted by Gasteiger charge is -2.22. The SMILES string of the molecule is CC(OC=O)(S(C)(=O)=O)S(C)(=O)=O. The summed E-state index contributed by atoms with van der Waals surface area (Å²) in [5.41, 5.74) is 0. The molecule has 0 aliphatic carbocycles. The summed E-state index contributed by atoms with van der Waals surface area (Å²) in [7, 11) is -8.05. The molecule has 0 unspecified atom stereocenters. The van der Waals surface area contributed by atoms with Crippen LogP contribution in [-0.2, 0) is 29.2 Å². The highest BCUT2D eigenvalue weighted by atomic mass is 32.3. The van der Waals surface area contributed by atoms with E-state index in [1.807, 2.05) is 0 Å². The highest BCUT2D eigenvalue weighted by molar-refractivity contribution is 8.09. The molecule has 0 aliphatic rings. The zero-order valence-corrected chi connectivity index (χ0v) is 8.98. The summed E-state index contributed by atoms with van der Waals surface area (Å²) in [5.74, 6) is 0. The first kappa shape index (κ1) is 12.4. The first-order valence-corrected chi connectivity index (χ1v) is 6.85. The zero-order valence-electron chi connectivity index (χ0n) is 7.34. The van der Waals surface area contributed by atoms with Crippen molar-refractivity contribution in [1.82, 2.24) is 0 Å². The molecular formula is C5H10O6S2. The molecule has 0 aromatic carbocycles. The summed E-state index contributed by atoms with van der Waals surface area (Å²) >= 11 is 0. The number of carbonyl (C=O) groups is 1. The van der Waals surface area contributed by atoms with Crippen LogP contribution in [0.15, 0.2) is 0 Å². The molecule has 0 heterocycles. The maximum absolute atomic E-state index is 11.0. The van der Waals surface area contributed by atoms with Crippen LogP contribution in [0.25, 0.3) is 0 Å². The van der Waals surface area contributed by atoms with Crippen molar-refractivity contribution in [1.29, 1.82) is 0 Å². The van der Waals surface area contributed by atoms with E-state index in [9.17, 15) is 21.6 Å². The molecular weight excluding hydrogens is 220 g/mol. The van der Waals surface area contributed by atoms with Gasteiger partial charge in [-0.3, -0.25) is 4.79 Å². The molecule has 0 N–H and O–H groups in total. The van der Waals surface area contributed by atoms with Crippen molar-refractivity contribution in [3.8, 4) is 0 Å². The van der Waals surface area contributed by atoms with E-state index >= 15 is 0 Å². The largest absolute Gasteiger partial charge is 0.430 e. The highest BCUT2D eigenvalue weighted by Gasteiger charge is 2.48. The van der Waals surface area contributed by atoms with Crippen LogP contribution in [0.4, 0.5) is 0 Å². The second-order valence-electron chi connectivity index (χ2n) is 2.62. The molecule has 0 aromatic heterocycles. The van der Waals surface area contributed by atoms with E-state index in [1.54, 1.807) is 0 Å². The van der Waals surface area contributed by atoms with Crippen molar-refractivity contribution < 1.29 is 26.4 Å². The van der Waals surface area contributed by atoms with Gasteiger partial charge in [-0.05, 0) is 0 Å². The van der Waals surface area contributed by atoms with Gasteiger partial charge in [-0.1, -0.05) is 0 Å². The molecule has 0 aliphatic heterocycles. The van der Waals surface area contributed by atoms with Gasteiger partial charge in [0.2, 0.25) is 19.7 Å². The molecule has 0 atom stereocenters. The van der Waals surface area contributed by atoms with Gasteiger partial charge in [-0.15, -0.1) is 0 Å². The van der Waals surface area contributed by atoms with Crippen LogP contribution < -0.4 is 0 Å². The van der Waals surface area contributed by atoms with Gasteiger partial charge in [0.05, 0.1) is 0 Å². The lowest BCUT2D eigenvalue weighted by molar-refractivity contribution is -0.131. The lowest BCUT2D eigenvalue weighted by atomic mass is 10.8. The van der Waals surface area contributed by atoms with E-state index in [1.165, 1.54) is 0 Å². The monoisotopic (exact) mass is 230 g/mol. The van der Waals surface area contributed by atoms with Gasteiger partial charge < -0.3 is 4.74 Å². The molecule has 8 heteroatoms. The fraction of sp³-hybridized carbons (Fsp3) is 0.800. The number of hydrogen-bond donors (Lipinski definition) is 0.